The summed E-state index contributed by atoms with van der Waals surface area (Å²) in [6.45, 7) is 1.61. The number of nitro groups is 1. The van der Waals surface area contributed by atoms with Crippen LogP contribution < -0.4 is 0 Å². The molecule has 0 aromatic heterocycles. The van der Waals surface area contributed by atoms with Crippen LogP contribution in [-0.2, 0) is 9.53 Å². The Labute approximate surface area is 143 Å². The summed E-state index contributed by atoms with van der Waals surface area (Å²) in [5.74, 6) is -3.31. The summed E-state index contributed by atoms with van der Waals surface area (Å²) < 4.78 is 4.75. The molecule has 2 aromatic rings. The van der Waals surface area contributed by atoms with Crippen LogP contribution in [-0.4, -0.2) is 23.3 Å². The van der Waals surface area contributed by atoms with E-state index in [-0.39, 0.29) is 29.0 Å². The zero-order valence-electron chi connectivity index (χ0n) is 13.3. The van der Waals surface area contributed by atoms with Crippen molar-refractivity contribution >= 4 is 17.4 Å². The van der Waals surface area contributed by atoms with E-state index in [2.05, 4.69) is 0 Å². The number of nitrogens with zero attached hydrogens (tertiary/aromatic N) is 2. The van der Waals surface area contributed by atoms with Crippen LogP contribution in [0.1, 0.15) is 17.3 Å². The highest BCUT2D eigenvalue weighted by molar-refractivity contribution is 6.14. The van der Waals surface area contributed by atoms with Crippen molar-refractivity contribution in [1.82, 2.24) is 0 Å². The van der Waals surface area contributed by atoms with E-state index in [1.807, 2.05) is 0 Å². The van der Waals surface area contributed by atoms with Gasteiger partial charge in [-0.3, -0.25) is 19.7 Å². The number of ketones is 1. The number of hydrogen-bond donors (Lipinski definition) is 0. The van der Waals surface area contributed by atoms with Gasteiger partial charge in [-0.25, -0.2) is 0 Å². The van der Waals surface area contributed by atoms with Gasteiger partial charge < -0.3 is 4.74 Å². The zero-order valence-corrected chi connectivity index (χ0v) is 13.3. The summed E-state index contributed by atoms with van der Waals surface area (Å²) in [7, 11) is 0. The lowest BCUT2D eigenvalue weighted by molar-refractivity contribution is -0.384. The quantitative estimate of drug-likeness (QED) is 0.263. The molecule has 0 amide bonds. The van der Waals surface area contributed by atoms with Crippen molar-refractivity contribution in [1.29, 1.82) is 5.26 Å². The minimum absolute atomic E-state index is 0.0378. The van der Waals surface area contributed by atoms with Crippen LogP contribution in [0.25, 0.3) is 11.1 Å². The van der Waals surface area contributed by atoms with Crippen LogP contribution in [0.5, 0.6) is 0 Å². The Balaban J connectivity index is 2.56. The van der Waals surface area contributed by atoms with Crippen molar-refractivity contribution in [2.45, 2.75) is 6.92 Å². The molecule has 2 aromatic carbocycles. The third-order valence-corrected chi connectivity index (χ3v) is 3.50. The number of para-hydroxylation sites is 1. The Morgan fingerprint density at radius 1 is 1.16 bits per heavy atom. The molecule has 7 nitrogen and oxygen atoms in total. The molecule has 0 saturated carbocycles. The lowest BCUT2D eigenvalue weighted by Gasteiger charge is -2.12. The first-order valence-corrected chi connectivity index (χ1v) is 7.44. The van der Waals surface area contributed by atoms with Crippen LogP contribution in [0.3, 0.4) is 0 Å². The molecule has 0 radical (unpaired) electrons. The summed E-state index contributed by atoms with van der Waals surface area (Å²) in [6, 6.07) is 13.7. The second-order valence-corrected chi connectivity index (χ2v) is 5.00. The SMILES string of the molecule is CCOC(=O)C(C#N)C(=O)c1ccccc1-c1ccccc1[N+](=O)[O-]. The van der Waals surface area contributed by atoms with E-state index in [1.54, 1.807) is 31.2 Å². The number of benzene rings is 2. The number of nitriles is 1. The number of Topliss-reactive ketones (excluding diaryl/α,β-unsaturated/α-hetero) is 1. The Bertz CT molecular complexity index is 870. The molecular formula is C18H14N2O5. The van der Waals surface area contributed by atoms with E-state index in [0.29, 0.717) is 0 Å². The normalized spacial score (nSPS) is 11.2. The van der Waals surface area contributed by atoms with E-state index in [1.165, 1.54) is 30.3 Å². The van der Waals surface area contributed by atoms with Crippen LogP contribution in [0, 0.1) is 27.4 Å². The zero-order chi connectivity index (χ0) is 18.4. The van der Waals surface area contributed by atoms with E-state index >= 15 is 0 Å². The molecule has 25 heavy (non-hydrogen) atoms. The van der Waals surface area contributed by atoms with Crippen molar-refractivity contribution in [3.63, 3.8) is 0 Å². The lowest BCUT2D eigenvalue weighted by atomic mass is 9.91. The number of carbonyl (C=O) groups is 2. The number of hydrogen-bond acceptors (Lipinski definition) is 6. The van der Waals surface area contributed by atoms with Gasteiger partial charge in [0.25, 0.3) is 5.69 Å². The van der Waals surface area contributed by atoms with E-state index < -0.39 is 22.6 Å². The summed E-state index contributed by atoms with van der Waals surface area (Å²) in [5, 5.41) is 20.4. The Hall–Kier alpha value is -3.53. The van der Waals surface area contributed by atoms with Gasteiger partial charge in [-0.05, 0) is 18.6 Å². The number of rotatable bonds is 6. The first kappa shape index (κ1) is 17.8. The van der Waals surface area contributed by atoms with Crippen molar-refractivity contribution in [2.75, 3.05) is 6.61 Å². The Morgan fingerprint density at radius 2 is 1.76 bits per heavy atom. The first-order chi connectivity index (χ1) is 12.0. The molecule has 1 unspecified atom stereocenters. The number of nitro benzene ring substituents is 1. The van der Waals surface area contributed by atoms with Gasteiger partial charge in [-0.2, -0.15) is 5.26 Å². The third kappa shape index (κ3) is 3.70. The molecule has 0 aliphatic carbocycles. The number of ether oxygens (including phenoxy) is 1. The summed E-state index contributed by atoms with van der Waals surface area (Å²) >= 11 is 0. The van der Waals surface area contributed by atoms with Crippen molar-refractivity contribution in [3.05, 3.63) is 64.2 Å². The molecular weight excluding hydrogens is 324 g/mol. The minimum Gasteiger partial charge on any atom is -0.465 e. The average molecular weight is 338 g/mol. The summed E-state index contributed by atoms with van der Waals surface area (Å²) in [4.78, 5) is 35.2. The maximum Gasteiger partial charge on any atom is 0.331 e. The minimum atomic E-state index is -1.62. The van der Waals surface area contributed by atoms with Crippen LogP contribution in [0.4, 0.5) is 5.69 Å². The molecule has 0 fully saturated rings. The molecule has 0 spiro atoms. The Kier molecular flexibility index (Phi) is 5.58. The highest BCUT2D eigenvalue weighted by Gasteiger charge is 2.31. The van der Waals surface area contributed by atoms with Gasteiger partial charge in [-0.15, -0.1) is 0 Å². The molecule has 0 N–H and O–H groups in total. The third-order valence-electron chi connectivity index (χ3n) is 3.50. The predicted molar refractivity (Wildman–Crippen MR) is 88.6 cm³/mol. The standard InChI is InChI=1S/C18H14N2O5/c1-2-25-18(22)15(11-19)17(21)14-9-4-3-7-12(14)13-8-5-6-10-16(13)20(23)24/h3-10,15H,2H2,1H3. The van der Waals surface area contributed by atoms with Gasteiger partial charge in [-0.1, -0.05) is 36.4 Å². The molecule has 0 aliphatic rings. The van der Waals surface area contributed by atoms with E-state index in [0.717, 1.165) is 0 Å². The molecule has 1 atom stereocenters. The largest absolute Gasteiger partial charge is 0.465 e. The van der Waals surface area contributed by atoms with Crippen molar-refractivity contribution < 1.29 is 19.2 Å². The van der Waals surface area contributed by atoms with Crippen LogP contribution >= 0.6 is 0 Å². The average Bonchev–Trinajstić information content (AvgIpc) is 2.62. The predicted octanol–water partition coefficient (Wildman–Crippen LogP) is 3.15. The summed E-state index contributed by atoms with van der Waals surface area (Å²) in [6.07, 6.45) is 0. The second kappa shape index (κ2) is 7.84. The molecule has 0 heterocycles. The Morgan fingerprint density at radius 3 is 2.36 bits per heavy atom. The van der Waals surface area contributed by atoms with E-state index in [9.17, 15) is 25.0 Å². The first-order valence-electron chi connectivity index (χ1n) is 7.44. The maximum absolute atomic E-state index is 12.7. The fourth-order valence-electron chi connectivity index (χ4n) is 2.39. The van der Waals surface area contributed by atoms with Gasteiger partial charge >= 0.3 is 5.97 Å². The highest BCUT2D eigenvalue weighted by Crippen LogP contribution is 2.33. The lowest BCUT2D eigenvalue weighted by Crippen LogP contribution is -2.25. The van der Waals surface area contributed by atoms with Gasteiger partial charge in [0.1, 0.15) is 0 Å². The van der Waals surface area contributed by atoms with Gasteiger partial charge in [0.2, 0.25) is 5.92 Å². The maximum atomic E-state index is 12.7. The fraction of sp³-hybridized carbons (Fsp3) is 0.167. The molecule has 0 aliphatic heterocycles. The van der Waals surface area contributed by atoms with Crippen LogP contribution in [0.2, 0.25) is 0 Å². The number of carbonyl (C=O) groups excluding carboxylic acids is 2. The monoisotopic (exact) mass is 338 g/mol. The fourth-order valence-corrected chi connectivity index (χ4v) is 2.39. The van der Waals surface area contributed by atoms with Crippen molar-refractivity contribution in [3.8, 4) is 17.2 Å². The highest BCUT2D eigenvalue weighted by atomic mass is 16.6. The number of esters is 1. The molecule has 7 heteroatoms. The van der Waals surface area contributed by atoms with Crippen molar-refractivity contribution in [2.24, 2.45) is 5.92 Å². The molecule has 2 rings (SSSR count). The topological polar surface area (TPSA) is 110 Å². The van der Waals surface area contributed by atoms with Gasteiger partial charge in [0, 0.05) is 11.6 Å². The second-order valence-electron chi connectivity index (χ2n) is 5.00. The smallest absolute Gasteiger partial charge is 0.331 e. The van der Waals surface area contributed by atoms with Gasteiger partial charge in [0.15, 0.2) is 5.78 Å². The van der Waals surface area contributed by atoms with Crippen LogP contribution in [0.15, 0.2) is 48.5 Å². The van der Waals surface area contributed by atoms with Gasteiger partial charge in [0.05, 0.1) is 23.2 Å². The van der Waals surface area contributed by atoms with E-state index in [4.69, 9.17) is 4.74 Å². The molecule has 0 bridgehead atoms. The molecule has 126 valence electrons. The summed E-state index contributed by atoms with van der Waals surface area (Å²) in [5.41, 5.74) is 0.394. The molecule has 0 saturated heterocycles.